The number of imidazole rings is 1. The minimum absolute atomic E-state index is 0.0694. The van der Waals surface area contributed by atoms with Crippen molar-refractivity contribution in [3.8, 4) is 0 Å². The number of carbonyl (C=O) groups is 2. The maximum atomic E-state index is 12.4. The SMILES string of the molecule is CNC(=O)[C@H]1CN(Cc2cccnc2)C[C@@H]1NC(=O)c1cn(C)cn1. The van der Waals surface area contributed by atoms with E-state index in [9.17, 15) is 9.59 Å². The lowest BCUT2D eigenvalue weighted by atomic mass is 10.0. The van der Waals surface area contributed by atoms with Crippen molar-refractivity contribution in [2.75, 3.05) is 20.1 Å². The molecule has 0 radical (unpaired) electrons. The highest BCUT2D eigenvalue weighted by molar-refractivity contribution is 5.93. The van der Waals surface area contributed by atoms with E-state index in [1.54, 1.807) is 30.3 Å². The van der Waals surface area contributed by atoms with Crippen molar-refractivity contribution in [1.29, 1.82) is 0 Å². The number of carbonyl (C=O) groups excluding carboxylic acids is 2. The van der Waals surface area contributed by atoms with Gasteiger partial charge in [-0.1, -0.05) is 6.07 Å². The summed E-state index contributed by atoms with van der Waals surface area (Å²) in [6.07, 6.45) is 6.78. The van der Waals surface area contributed by atoms with Gasteiger partial charge < -0.3 is 15.2 Å². The zero-order chi connectivity index (χ0) is 17.8. The molecule has 132 valence electrons. The summed E-state index contributed by atoms with van der Waals surface area (Å²) in [6.45, 7) is 1.88. The number of nitrogens with one attached hydrogen (secondary N) is 2. The highest BCUT2D eigenvalue weighted by Crippen LogP contribution is 2.20. The van der Waals surface area contributed by atoms with Gasteiger partial charge in [-0.2, -0.15) is 0 Å². The first-order valence-electron chi connectivity index (χ1n) is 8.18. The third-order valence-corrected chi connectivity index (χ3v) is 4.36. The first kappa shape index (κ1) is 17.1. The smallest absolute Gasteiger partial charge is 0.271 e. The van der Waals surface area contributed by atoms with Crippen LogP contribution in [0.2, 0.25) is 0 Å². The summed E-state index contributed by atoms with van der Waals surface area (Å²) >= 11 is 0. The van der Waals surface area contributed by atoms with E-state index < -0.39 is 0 Å². The molecule has 8 heteroatoms. The van der Waals surface area contributed by atoms with Crippen LogP contribution in [0.1, 0.15) is 16.1 Å². The van der Waals surface area contributed by atoms with Gasteiger partial charge in [0.15, 0.2) is 0 Å². The fourth-order valence-corrected chi connectivity index (χ4v) is 3.13. The van der Waals surface area contributed by atoms with Crippen molar-refractivity contribution < 1.29 is 9.59 Å². The molecule has 0 aromatic carbocycles. The maximum absolute atomic E-state index is 12.4. The molecule has 2 atom stereocenters. The lowest BCUT2D eigenvalue weighted by molar-refractivity contribution is -0.124. The Bertz CT molecular complexity index is 745. The Morgan fingerprint density at radius 2 is 2.20 bits per heavy atom. The van der Waals surface area contributed by atoms with Gasteiger partial charge in [0, 0.05) is 52.3 Å². The van der Waals surface area contributed by atoms with Crippen LogP contribution in [0.15, 0.2) is 37.1 Å². The van der Waals surface area contributed by atoms with E-state index in [1.165, 1.54) is 0 Å². The van der Waals surface area contributed by atoms with Gasteiger partial charge in [-0.15, -0.1) is 0 Å². The Morgan fingerprint density at radius 3 is 2.84 bits per heavy atom. The van der Waals surface area contributed by atoms with Gasteiger partial charge in [0.1, 0.15) is 5.69 Å². The Labute approximate surface area is 146 Å². The number of aromatic nitrogens is 3. The van der Waals surface area contributed by atoms with Crippen molar-refractivity contribution >= 4 is 11.8 Å². The van der Waals surface area contributed by atoms with Gasteiger partial charge in [-0.3, -0.25) is 19.5 Å². The van der Waals surface area contributed by atoms with Gasteiger partial charge in [0.05, 0.1) is 18.3 Å². The van der Waals surface area contributed by atoms with Gasteiger partial charge in [-0.05, 0) is 11.6 Å². The first-order valence-corrected chi connectivity index (χ1v) is 8.18. The Morgan fingerprint density at radius 1 is 1.36 bits per heavy atom. The fourth-order valence-electron chi connectivity index (χ4n) is 3.13. The molecule has 0 unspecified atom stereocenters. The second kappa shape index (κ2) is 7.43. The molecule has 1 aliphatic heterocycles. The van der Waals surface area contributed by atoms with Gasteiger partial charge in [0.2, 0.25) is 5.91 Å². The summed E-state index contributed by atoms with van der Waals surface area (Å²) in [4.78, 5) is 34.9. The monoisotopic (exact) mass is 342 g/mol. The van der Waals surface area contributed by atoms with Crippen molar-refractivity contribution in [2.45, 2.75) is 12.6 Å². The summed E-state index contributed by atoms with van der Waals surface area (Å²) in [5.41, 5.74) is 1.43. The molecule has 2 N–H and O–H groups in total. The van der Waals surface area contributed by atoms with Gasteiger partial charge >= 0.3 is 0 Å². The molecule has 0 saturated carbocycles. The third-order valence-electron chi connectivity index (χ3n) is 4.36. The standard InChI is InChI=1S/C17H22N6O2/c1-18-16(24)13-8-23(7-12-4-3-5-19-6-12)10-14(13)21-17(25)15-9-22(2)11-20-15/h3-6,9,11,13-14H,7-8,10H2,1-2H3,(H,18,24)(H,21,25)/t13-,14-/m0/s1. The molecule has 2 amide bonds. The molecular formula is C17H22N6O2. The number of aryl methyl sites for hydroxylation is 1. The largest absolute Gasteiger partial charge is 0.359 e. The molecule has 2 aromatic rings. The lowest BCUT2D eigenvalue weighted by Crippen LogP contribution is -2.45. The number of pyridine rings is 1. The number of hydrogen-bond donors (Lipinski definition) is 2. The topological polar surface area (TPSA) is 92.2 Å². The van der Waals surface area contributed by atoms with Crippen LogP contribution in [0.25, 0.3) is 0 Å². The summed E-state index contributed by atoms with van der Waals surface area (Å²) in [5, 5.41) is 5.65. The summed E-state index contributed by atoms with van der Waals surface area (Å²) in [5.74, 6) is -0.628. The normalized spacial score (nSPS) is 20.4. The van der Waals surface area contributed by atoms with Crippen molar-refractivity contribution in [2.24, 2.45) is 13.0 Å². The minimum atomic E-state index is -0.297. The van der Waals surface area contributed by atoms with Crippen LogP contribution >= 0.6 is 0 Å². The van der Waals surface area contributed by atoms with Crippen molar-refractivity contribution in [3.05, 3.63) is 48.3 Å². The van der Waals surface area contributed by atoms with Crippen molar-refractivity contribution in [3.63, 3.8) is 0 Å². The average Bonchev–Trinajstić information content (AvgIpc) is 3.21. The summed E-state index contributed by atoms with van der Waals surface area (Å²) < 4.78 is 1.72. The number of amides is 2. The van der Waals surface area contributed by atoms with E-state index in [0.29, 0.717) is 25.3 Å². The number of nitrogens with zero attached hydrogens (tertiary/aromatic N) is 4. The van der Waals surface area contributed by atoms with Crippen LogP contribution < -0.4 is 10.6 Å². The molecule has 0 spiro atoms. The number of rotatable bonds is 5. The zero-order valence-electron chi connectivity index (χ0n) is 14.3. The first-order chi connectivity index (χ1) is 12.1. The average molecular weight is 342 g/mol. The molecule has 3 rings (SSSR count). The zero-order valence-corrected chi connectivity index (χ0v) is 14.3. The molecule has 2 aromatic heterocycles. The molecule has 8 nitrogen and oxygen atoms in total. The van der Waals surface area contributed by atoms with E-state index >= 15 is 0 Å². The summed E-state index contributed by atoms with van der Waals surface area (Å²) in [6, 6.07) is 3.63. The van der Waals surface area contributed by atoms with Crippen LogP contribution in [0.5, 0.6) is 0 Å². The third kappa shape index (κ3) is 4.03. The minimum Gasteiger partial charge on any atom is -0.359 e. The van der Waals surface area contributed by atoms with Crippen molar-refractivity contribution in [1.82, 2.24) is 30.1 Å². The highest BCUT2D eigenvalue weighted by Gasteiger charge is 2.38. The predicted octanol–water partition coefficient (Wildman–Crippen LogP) is -0.208. The van der Waals surface area contributed by atoms with Crippen LogP contribution in [0, 0.1) is 5.92 Å². The Hall–Kier alpha value is -2.74. The van der Waals surface area contributed by atoms with Crippen LogP contribution in [-0.2, 0) is 18.4 Å². The molecular weight excluding hydrogens is 320 g/mol. The molecule has 25 heavy (non-hydrogen) atoms. The molecule has 1 fully saturated rings. The Kier molecular flexibility index (Phi) is 5.08. The van der Waals surface area contributed by atoms with E-state index in [1.807, 2.05) is 25.4 Å². The van der Waals surface area contributed by atoms with E-state index in [4.69, 9.17) is 0 Å². The van der Waals surface area contributed by atoms with E-state index in [-0.39, 0.29) is 23.8 Å². The maximum Gasteiger partial charge on any atom is 0.271 e. The van der Waals surface area contributed by atoms with Crippen LogP contribution in [0.3, 0.4) is 0 Å². The second-order valence-electron chi connectivity index (χ2n) is 6.28. The highest BCUT2D eigenvalue weighted by atomic mass is 16.2. The van der Waals surface area contributed by atoms with Crippen LogP contribution in [-0.4, -0.2) is 57.4 Å². The predicted molar refractivity (Wildman–Crippen MR) is 91.5 cm³/mol. The molecule has 1 saturated heterocycles. The van der Waals surface area contributed by atoms with E-state index in [2.05, 4.69) is 25.5 Å². The second-order valence-corrected chi connectivity index (χ2v) is 6.28. The fraction of sp³-hybridized carbons (Fsp3) is 0.412. The Balaban J connectivity index is 1.69. The lowest BCUT2D eigenvalue weighted by Gasteiger charge is -2.18. The molecule has 0 aliphatic carbocycles. The van der Waals surface area contributed by atoms with E-state index in [0.717, 1.165) is 5.56 Å². The van der Waals surface area contributed by atoms with Gasteiger partial charge in [-0.25, -0.2) is 4.98 Å². The number of hydrogen-bond acceptors (Lipinski definition) is 5. The molecule has 3 heterocycles. The summed E-state index contributed by atoms with van der Waals surface area (Å²) in [7, 11) is 3.42. The quantitative estimate of drug-likeness (QED) is 0.785. The number of likely N-dealkylation sites (tertiary alicyclic amines) is 1. The van der Waals surface area contributed by atoms with Crippen LogP contribution in [0.4, 0.5) is 0 Å². The molecule has 1 aliphatic rings. The van der Waals surface area contributed by atoms with Gasteiger partial charge in [0.25, 0.3) is 5.91 Å². The molecule has 0 bridgehead atoms.